The number of aromatic nitrogens is 3. The van der Waals surface area contributed by atoms with Gasteiger partial charge in [-0.15, -0.1) is 0 Å². The first kappa shape index (κ1) is 16.4. The van der Waals surface area contributed by atoms with Gasteiger partial charge < -0.3 is 10.1 Å². The molecule has 25 heavy (non-hydrogen) atoms. The van der Waals surface area contributed by atoms with Gasteiger partial charge in [0.05, 0.1) is 12.2 Å². The Balaban J connectivity index is 1.83. The van der Waals surface area contributed by atoms with Gasteiger partial charge in [-0.3, -0.25) is 14.7 Å². The molecule has 0 saturated heterocycles. The summed E-state index contributed by atoms with van der Waals surface area (Å²) in [5, 5.41) is 5.42. The Kier molecular flexibility index (Phi) is 4.34. The monoisotopic (exact) mass is 340 g/mol. The van der Waals surface area contributed by atoms with Crippen molar-refractivity contribution in [2.45, 2.75) is 13.8 Å². The lowest BCUT2D eigenvalue weighted by Crippen LogP contribution is -2.17. The molecule has 0 atom stereocenters. The molecule has 1 aromatic carbocycles. The van der Waals surface area contributed by atoms with Crippen LogP contribution in [0.4, 0.5) is 5.69 Å². The van der Waals surface area contributed by atoms with Crippen LogP contribution in [0.1, 0.15) is 33.3 Å². The summed E-state index contributed by atoms with van der Waals surface area (Å²) in [7, 11) is 0. The molecule has 2 heterocycles. The predicted molar refractivity (Wildman–Crippen MR) is 90.9 cm³/mol. The van der Waals surface area contributed by atoms with E-state index in [0.717, 1.165) is 0 Å². The molecule has 2 N–H and O–H groups in total. The quantitative estimate of drug-likeness (QED) is 0.704. The van der Waals surface area contributed by atoms with Crippen LogP contribution in [0.15, 0.2) is 41.3 Å². The molecule has 0 bridgehead atoms. The van der Waals surface area contributed by atoms with Crippen molar-refractivity contribution in [2.75, 3.05) is 11.9 Å². The van der Waals surface area contributed by atoms with Crippen LogP contribution in [-0.4, -0.2) is 33.1 Å². The van der Waals surface area contributed by atoms with Crippen molar-refractivity contribution in [3.8, 4) is 0 Å². The number of carbonyl (C=O) groups is 2. The number of hydrogen-bond acceptors (Lipinski definition) is 5. The first-order chi connectivity index (χ1) is 12.0. The molecule has 0 saturated carbocycles. The number of benzene rings is 1. The minimum absolute atomic E-state index is 0.246. The van der Waals surface area contributed by atoms with E-state index in [2.05, 4.69) is 15.4 Å². The van der Waals surface area contributed by atoms with Crippen molar-refractivity contribution in [3.63, 3.8) is 0 Å². The first-order valence-corrected chi connectivity index (χ1v) is 7.66. The van der Waals surface area contributed by atoms with Gasteiger partial charge in [-0.1, -0.05) is 0 Å². The molecule has 8 nitrogen and oxygen atoms in total. The standard InChI is InChI=1S/C17H16N4O4/c1-3-25-17(24)11-4-6-12(7-5-11)20-16(23)13-9-18-21-14(22)8-10(2)19-15(13)21/h4-9,18H,3H2,1-2H3,(H,20,23). The molecule has 128 valence electrons. The van der Waals surface area contributed by atoms with Crippen LogP contribution < -0.4 is 10.9 Å². The zero-order valence-electron chi connectivity index (χ0n) is 13.7. The van der Waals surface area contributed by atoms with Gasteiger partial charge in [0.1, 0.15) is 5.56 Å². The fraction of sp³-hybridized carbons (Fsp3) is 0.176. The van der Waals surface area contributed by atoms with Crippen LogP contribution in [0.25, 0.3) is 5.65 Å². The van der Waals surface area contributed by atoms with Gasteiger partial charge >= 0.3 is 5.97 Å². The van der Waals surface area contributed by atoms with Crippen LogP contribution in [-0.2, 0) is 4.74 Å². The molecule has 8 heteroatoms. The molecule has 0 aliphatic carbocycles. The third-order valence-electron chi connectivity index (χ3n) is 3.52. The Bertz CT molecular complexity index is 1000. The van der Waals surface area contributed by atoms with Crippen molar-refractivity contribution >= 4 is 23.2 Å². The fourth-order valence-electron chi connectivity index (χ4n) is 2.37. The number of nitrogens with one attached hydrogen (secondary N) is 2. The smallest absolute Gasteiger partial charge is 0.338 e. The van der Waals surface area contributed by atoms with E-state index in [9.17, 15) is 14.4 Å². The van der Waals surface area contributed by atoms with E-state index in [1.165, 1.54) is 16.8 Å². The molecule has 3 rings (SSSR count). The molecular weight excluding hydrogens is 324 g/mol. The second-order valence-electron chi connectivity index (χ2n) is 5.33. The normalized spacial score (nSPS) is 10.6. The number of H-pyrrole nitrogens is 1. The minimum atomic E-state index is -0.420. The molecule has 3 aromatic rings. The lowest BCUT2D eigenvalue weighted by atomic mass is 10.2. The zero-order valence-corrected chi connectivity index (χ0v) is 13.7. The number of ether oxygens (including phenoxy) is 1. The average Bonchev–Trinajstić information content (AvgIpc) is 3.00. The highest BCUT2D eigenvalue weighted by Gasteiger charge is 2.15. The molecule has 0 spiro atoms. The summed E-state index contributed by atoms with van der Waals surface area (Å²) in [5.74, 6) is -0.837. The van der Waals surface area contributed by atoms with E-state index in [0.29, 0.717) is 23.6 Å². The first-order valence-electron chi connectivity index (χ1n) is 7.66. The lowest BCUT2D eigenvalue weighted by molar-refractivity contribution is 0.0526. The van der Waals surface area contributed by atoms with E-state index in [4.69, 9.17) is 4.74 Å². The number of nitrogens with zero attached hydrogens (tertiary/aromatic N) is 2. The second kappa shape index (κ2) is 6.60. The number of aryl methyl sites for hydroxylation is 1. The maximum Gasteiger partial charge on any atom is 0.338 e. The number of aromatic amines is 1. The summed E-state index contributed by atoms with van der Waals surface area (Å²) in [6, 6.07) is 7.71. The van der Waals surface area contributed by atoms with Gasteiger partial charge in [-0.25, -0.2) is 14.3 Å². The summed E-state index contributed by atoms with van der Waals surface area (Å²) in [5.41, 5.74) is 1.64. The highest BCUT2D eigenvalue weighted by atomic mass is 16.5. The third kappa shape index (κ3) is 3.27. The summed E-state index contributed by atoms with van der Waals surface area (Å²) >= 11 is 0. The maximum absolute atomic E-state index is 12.5. The number of anilines is 1. The van der Waals surface area contributed by atoms with E-state index >= 15 is 0 Å². The van der Waals surface area contributed by atoms with Gasteiger partial charge in [0, 0.05) is 23.6 Å². The summed E-state index contributed by atoms with van der Waals surface area (Å²) in [6.07, 6.45) is 1.42. The number of hydrogen-bond donors (Lipinski definition) is 2. The Labute approximate surface area is 142 Å². The molecule has 2 aromatic heterocycles. The average molecular weight is 340 g/mol. The largest absolute Gasteiger partial charge is 0.462 e. The topological polar surface area (TPSA) is 106 Å². The Morgan fingerprint density at radius 2 is 2.00 bits per heavy atom. The zero-order chi connectivity index (χ0) is 18.0. The van der Waals surface area contributed by atoms with Crippen LogP contribution >= 0.6 is 0 Å². The number of fused-ring (bicyclic) bond motifs is 1. The van der Waals surface area contributed by atoms with Gasteiger partial charge in [0.25, 0.3) is 11.5 Å². The molecule has 0 unspecified atom stereocenters. The molecule has 0 aliphatic heterocycles. The van der Waals surface area contributed by atoms with Crippen LogP contribution in [0.5, 0.6) is 0 Å². The summed E-state index contributed by atoms with van der Waals surface area (Å²) < 4.78 is 6.11. The fourth-order valence-corrected chi connectivity index (χ4v) is 2.37. The molecular formula is C17H16N4O4. The van der Waals surface area contributed by atoms with E-state index in [1.54, 1.807) is 38.1 Å². The Hall–Kier alpha value is -3.42. The van der Waals surface area contributed by atoms with Gasteiger partial charge in [-0.05, 0) is 38.1 Å². The number of esters is 1. The summed E-state index contributed by atoms with van der Waals surface area (Å²) in [4.78, 5) is 40.2. The summed E-state index contributed by atoms with van der Waals surface area (Å²) in [6.45, 7) is 3.71. The highest BCUT2D eigenvalue weighted by molar-refractivity contribution is 6.08. The number of rotatable bonds is 4. The molecule has 0 radical (unpaired) electrons. The van der Waals surface area contributed by atoms with Crippen LogP contribution in [0.2, 0.25) is 0 Å². The van der Waals surface area contributed by atoms with E-state index in [1.807, 2.05) is 0 Å². The van der Waals surface area contributed by atoms with Crippen molar-refractivity contribution in [1.29, 1.82) is 0 Å². The number of carbonyl (C=O) groups excluding carboxylic acids is 2. The minimum Gasteiger partial charge on any atom is -0.462 e. The van der Waals surface area contributed by atoms with Crippen LogP contribution in [0, 0.1) is 6.92 Å². The highest BCUT2D eigenvalue weighted by Crippen LogP contribution is 2.14. The molecule has 0 fully saturated rings. The van der Waals surface area contributed by atoms with E-state index in [-0.39, 0.29) is 16.8 Å². The van der Waals surface area contributed by atoms with Crippen molar-refractivity contribution in [2.24, 2.45) is 0 Å². The van der Waals surface area contributed by atoms with Crippen LogP contribution in [0.3, 0.4) is 0 Å². The lowest BCUT2D eigenvalue weighted by Gasteiger charge is -2.06. The van der Waals surface area contributed by atoms with Gasteiger partial charge in [-0.2, -0.15) is 0 Å². The van der Waals surface area contributed by atoms with Crippen molar-refractivity contribution in [3.05, 3.63) is 63.7 Å². The SMILES string of the molecule is CCOC(=O)c1ccc(NC(=O)c2c[nH]n3c(=O)cc(C)nc23)cc1. The Morgan fingerprint density at radius 3 is 2.68 bits per heavy atom. The second-order valence-corrected chi connectivity index (χ2v) is 5.33. The van der Waals surface area contributed by atoms with Gasteiger partial charge in [0.2, 0.25) is 0 Å². The van der Waals surface area contributed by atoms with Crippen molar-refractivity contribution < 1.29 is 14.3 Å². The predicted octanol–water partition coefficient (Wildman–Crippen LogP) is 1.76. The maximum atomic E-state index is 12.5. The van der Waals surface area contributed by atoms with Crippen molar-refractivity contribution in [1.82, 2.24) is 14.6 Å². The van der Waals surface area contributed by atoms with E-state index < -0.39 is 11.9 Å². The third-order valence-corrected chi connectivity index (χ3v) is 3.52. The van der Waals surface area contributed by atoms with Gasteiger partial charge in [0.15, 0.2) is 5.65 Å². The molecule has 1 amide bonds. The Morgan fingerprint density at radius 1 is 1.28 bits per heavy atom. The number of amides is 1. The molecule has 0 aliphatic rings.